The first-order valence-corrected chi connectivity index (χ1v) is 6.48. The van der Waals surface area contributed by atoms with Crippen LogP contribution in [0.3, 0.4) is 0 Å². The molecule has 96 valence electrons. The van der Waals surface area contributed by atoms with E-state index in [1.54, 1.807) is 12.4 Å². The van der Waals surface area contributed by atoms with Crippen LogP contribution in [0.15, 0.2) is 12.4 Å². The van der Waals surface area contributed by atoms with Gasteiger partial charge in [0, 0.05) is 18.3 Å². The molecule has 0 saturated heterocycles. The minimum atomic E-state index is -0.0475. The maximum Gasteiger partial charge on any atom is 0.223 e. The van der Waals surface area contributed by atoms with Gasteiger partial charge in [-0.1, -0.05) is 26.7 Å². The number of carbonyl (C=O) groups excluding carboxylic acids is 1. The molecule has 1 aromatic rings. The molecule has 0 fully saturated rings. The Morgan fingerprint density at radius 3 is 2.53 bits per heavy atom. The van der Waals surface area contributed by atoms with Crippen molar-refractivity contribution >= 4 is 5.91 Å². The van der Waals surface area contributed by atoms with E-state index in [0.29, 0.717) is 0 Å². The summed E-state index contributed by atoms with van der Waals surface area (Å²) in [6, 6.07) is -0.0475. The molecule has 1 atom stereocenters. The Kier molecular flexibility index (Phi) is 5.73. The summed E-state index contributed by atoms with van der Waals surface area (Å²) in [6.45, 7) is 6.18. The Balaban J connectivity index is 2.51. The molecule has 0 radical (unpaired) electrons. The third-order valence-electron chi connectivity index (χ3n) is 2.93. The zero-order valence-corrected chi connectivity index (χ0v) is 11.0. The molecule has 4 heteroatoms. The molecule has 0 aliphatic rings. The van der Waals surface area contributed by atoms with Crippen molar-refractivity contribution in [2.75, 3.05) is 0 Å². The molecule has 2 N–H and O–H groups in total. The summed E-state index contributed by atoms with van der Waals surface area (Å²) in [6.07, 6.45) is 7.50. The molecule has 1 heterocycles. The summed E-state index contributed by atoms with van der Waals surface area (Å²) in [5.41, 5.74) is 0. The number of hydrogen-bond acceptors (Lipinski definition) is 2. The first-order chi connectivity index (χ1) is 8.19. The maximum absolute atomic E-state index is 12.1. The van der Waals surface area contributed by atoms with E-state index in [4.69, 9.17) is 0 Å². The van der Waals surface area contributed by atoms with Gasteiger partial charge < -0.3 is 10.3 Å². The van der Waals surface area contributed by atoms with E-state index in [9.17, 15) is 4.79 Å². The average molecular weight is 237 g/mol. The molecule has 0 saturated carbocycles. The van der Waals surface area contributed by atoms with Crippen molar-refractivity contribution in [3.8, 4) is 0 Å². The molecule has 0 spiro atoms. The van der Waals surface area contributed by atoms with Gasteiger partial charge in [-0.25, -0.2) is 4.98 Å². The van der Waals surface area contributed by atoms with E-state index in [1.807, 2.05) is 6.92 Å². The van der Waals surface area contributed by atoms with E-state index >= 15 is 0 Å². The highest BCUT2D eigenvalue weighted by Gasteiger charge is 2.19. The molecular formula is C13H23N3O. The number of H-pyrrole nitrogens is 1. The molecule has 1 amide bonds. The number of amides is 1. The Morgan fingerprint density at radius 1 is 1.41 bits per heavy atom. The van der Waals surface area contributed by atoms with E-state index in [1.165, 1.54) is 0 Å². The Labute approximate surface area is 103 Å². The van der Waals surface area contributed by atoms with Gasteiger partial charge >= 0.3 is 0 Å². The van der Waals surface area contributed by atoms with Crippen LogP contribution in [0.5, 0.6) is 0 Å². The van der Waals surface area contributed by atoms with Crippen LogP contribution >= 0.6 is 0 Å². The quantitative estimate of drug-likeness (QED) is 0.766. The zero-order chi connectivity index (χ0) is 12.7. The number of aromatic nitrogens is 2. The third kappa shape index (κ3) is 4.21. The van der Waals surface area contributed by atoms with Crippen molar-refractivity contribution < 1.29 is 4.79 Å². The first kappa shape index (κ1) is 13.7. The predicted octanol–water partition coefficient (Wildman–Crippen LogP) is 2.80. The number of imidazole rings is 1. The second-order valence-corrected chi connectivity index (χ2v) is 4.48. The van der Waals surface area contributed by atoms with Crippen LogP contribution in [-0.4, -0.2) is 15.9 Å². The first-order valence-electron chi connectivity index (χ1n) is 6.48. The fourth-order valence-electron chi connectivity index (χ4n) is 2.02. The number of aromatic amines is 1. The van der Waals surface area contributed by atoms with Gasteiger partial charge in [0.25, 0.3) is 0 Å². The van der Waals surface area contributed by atoms with E-state index in [-0.39, 0.29) is 17.9 Å². The Bertz CT molecular complexity index is 315. The topological polar surface area (TPSA) is 57.8 Å². The minimum Gasteiger partial charge on any atom is -0.347 e. The monoisotopic (exact) mass is 237 g/mol. The van der Waals surface area contributed by atoms with Gasteiger partial charge in [0.1, 0.15) is 5.82 Å². The van der Waals surface area contributed by atoms with Crippen molar-refractivity contribution in [3.63, 3.8) is 0 Å². The fourth-order valence-corrected chi connectivity index (χ4v) is 2.02. The van der Waals surface area contributed by atoms with Gasteiger partial charge in [0.2, 0.25) is 5.91 Å². The van der Waals surface area contributed by atoms with Crippen molar-refractivity contribution in [3.05, 3.63) is 18.2 Å². The number of nitrogens with zero attached hydrogens (tertiary/aromatic N) is 1. The largest absolute Gasteiger partial charge is 0.347 e. The van der Waals surface area contributed by atoms with Gasteiger partial charge in [-0.3, -0.25) is 4.79 Å². The Hall–Kier alpha value is -1.32. The third-order valence-corrected chi connectivity index (χ3v) is 2.93. The molecule has 1 unspecified atom stereocenters. The summed E-state index contributed by atoms with van der Waals surface area (Å²) in [5, 5.41) is 3.02. The summed E-state index contributed by atoms with van der Waals surface area (Å²) < 4.78 is 0. The minimum absolute atomic E-state index is 0.0475. The van der Waals surface area contributed by atoms with Crippen molar-refractivity contribution in [1.82, 2.24) is 15.3 Å². The molecule has 0 aromatic carbocycles. The van der Waals surface area contributed by atoms with Crippen molar-refractivity contribution in [2.45, 2.75) is 52.5 Å². The fraction of sp³-hybridized carbons (Fsp3) is 0.692. The average Bonchev–Trinajstić information content (AvgIpc) is 2.82. The van der Waals surface area contributed by atoms with Gasteiger partial charge in [-0.05, 0) is 19.8 Å². The van der Waals surface area contributed by atoms with Gasteiger partial charge in [0.05, 0.1) is 6.04 Å². The van der Waals surface area contributed by atoms with Crippen LogP contribution in [0.2, 0.25) is 0 Å². The molecule has 0 aliphatic carbocycles. The molecule has 0 bridgehead atoms. The van der Waals surface area contributed by atoms with Crippen molar-refractivity contribution in [1.29, 1.82) is 0 Å². The summed E-state index contributed by atoms with van der Waals surface area (Å²) in [7, 11) is 0. The highest BCUT2D eigenvalue weighted by atomic mass is 16.1. The number of rotatable bonds is 7. The molecule has 0 aliphatic heterocycles. The van der Waals surface area contributed by atoms with Gasteiger partial charge in [0.15, 0.2) is 0 Å². The Morgan fingerprint density at radius 2 is 2.06 bits per heavy atom. The van der Waals surface area contributed by atoms with E-state index in [0.717, 1.165) is 31.5 Å². The number of hydrogen-bond donors (Lipinski definition) is 2. The maximum atomic E-state index is 12.1. The van der Waals surface area contributed by atoms with Crippen LogP contribution in [0.25, 0.3) is 0 Å². The summed E-state index contributed by atoms with van der Waals surface area (Å²) in [4.78, 5) is 19.2. The molecule has 1 aromatic heterocycles. The summed E-state index contributed by atoms with van der Waals surface area (Å²) in [5.74, 6) is 1.10. The zero-order valence-electron chi connectivity index (χ0n) is 11.0. The van der Waals surface area contributed by atoms with E-state index in [2.05, 4.69) is 29.1 Å². The van der Waals surface area contributed by atoms with Crippen LogP contribution in [-0.2, 0) is 4.79 Å². The lowest BCUT2D eigenvalue weighted by Gasteiger charge is -2.18. The lowest BCUT2D eigenvalue weighted by Crippen LogP contribution is -2.33. The van der Waals surface area contributed by atoms with Gasteiger partial charge in [-0.15, -0.1) is 0 Å². The number of carbonyl (C=O) groups is 1. The SMILES string of the molecule is CCCC(CCC)C(=O)NC(C)c1ncc[nH]1. The second kappa shape index (κ2) is 7.09. The van der Waals surface area contributed by atoms with Crippen LogP contribution in [0.1, 0.15) is 58.3 Å². The molecule has 17 heavy (non-hydrogen) atoms. The number of nitrogens with one attached hydrogen (secondary N) is 2. The highest BCUT2D eigenvalue weighted by Crippen LogP contribution is 2.15. The normalized spacial score (nSPS) is 12.7. The molecule has 4 nitrogen and oxygen atoms in total. The van der Waals surface area contributed by atoms with Gasteiger partial charge in [-0.2, -0.15) is 0 Å². The molecule has 1 rings (SSSR count). The van der Waals surface area contributed by atoms with E-state index < -0.39 is 0 Å². The lowest BCUT2D eigenvalue weighted by molar-refractivity contribution is -0.126. The molecular weight excluding hydrogens is 214 g/mol. The standard InChI is InChI=1S/C13H23N3O/c1-4-6-11(7-5-2)13(17)16-10(3)12-14-8-9-15-12/h8-11H,4-7H2,1-3H3,(H,14,15)(H,16,17). The second-order valence-electron chi connectivity index (χ2n) is 4.48. The van der Waals surface area contributed by atoms with Crippen LogP contribution in [0.4, 0.5) is 0 Å². The predicted molar refractivity (Wildman–Crippen MR) is 68.5 cm³/mol. The summed E-state index contributed by atoms with van der Waals surface area (Å²) >= 11 is 0. The highest BCUT2D eigenvalue weighted by molar-refractivity contribution is 5.78. The van der Waals surface area contributed by atoms with Crippen LogP contribution in [0, 0.1) is 5.92 Å². The smallest absolute Gasteiger partial charge is 0.223 e. The lowest BCUT2D eigenvalue weighted by atomic mass is 9.97. The van der Waals surface area contributed by atoms with Crippen molar-refractivity contribution in [2.24, 2.45) is 5.92 Å². The van der Waals surface area contributed by atoms with Crippen LogP contribution < -0.4 is 5.32 Å².